The maximum absolute atomic E-state index is 5.69. The standard InChI is InChI=1S/C9H21N3/c1-4-12-7-9(5-10)11(3)6-8(12)2/h8-9H,4-7,10H2,1-3H3. The first-order valence-electron chi connectivity index (χ1n) is 4.83. The lowest BCUT2D eigenvalue weighted by atomic mass is 10.1. The molecule has 1 aliphatic rings. The molecule has 1 rings (SSSR count). The van der Waals surface area contributed by atoms with Crippen LogP contribution in [0.1, 0.15) is 13.8 Å². The zero-order valence-corrected chi connectivity index (χ0v) is 8.45. The number of likely N-dealkylation sites (N-methyl/N-ethyl adjacent to an activating group) is 2. The van der Waals surface area contributed by atoms with E-state index >= 15 is 0 Å². The Morgan fingerprint density at radius 2 is 2.08 bits per heavy atom. The molecule has 12 heavy (non-hydrogen) atoms. The van der Waals surface area contributed by atoms with Crippen LogP contribution in [0.4, 0.5) is 0 Å². The number of hydrogen-bond donors (Lipinski definition) is 1. The molecule has 2 N–H and O–H groups in total. The lowest BCUT2D eigenvalue weighted by Gasteiger charge is -2.43. The fourth-order valence-corrected chi connectivity index (χ4v) is 1.97. The van der Waals surface area contributed by atoms with Crippen LogP contribution >= 0.6 is 0 Å². The normalized spacial score (nSPS) is 34.0. The van der Waals surface area contributed by atoms with E-state index in [9.17, 15) is 0 Å². The van der Waals surface area contributed by atoms with Gasteiger partial charge in [-0.05, 0) is 20.5 Å². The number of rotatable bonds is 2. The predicted octanol–water partition coefficient (Wildman–Crippen LogP) is -0.0305. The molecule has 0 radical (unpaired) electrons. The van der Waals surface area contributed by atoms with Crippen LogP contribution in [0.2, 0.25) is 0 Å². The van der Waals surface area contributed by atoms with E-state index in [4.69, 9.17) is 5.73 Å². The SMILES string of the molecule is CCN1CC(CN)N(C)CC1C. The van der Waals surface area contributed by atoms with Gasteiger partial charge in [0.05, 0.1) is 0 Å². The highest BCUT2D eigenvalue weighted by Crippen LogP contribution is 2.11. The molecular weight excluding hydrogens is 150 g/mol. The molecule has 0 saturated carbocycles. The molecule has 0 amide bonds. The average Bonchev–Trinajstić information content (AvgIpc) is 2.05. The zero-order valence-electron chi connectivity index (χ0n) is 8.45. The third kappa shape index (κ3) is 1.97. The molecule has 1 heterocycles. The van der Waals surface area contributed by atoms with Gasteiger partial charge in [-0.15, -0.1) is 0 Å². The molecule has 3 heteroatoms. The van der Waals surface area contributed by atoms with Gasteiger partial charge in [0, 0.05) is 31.7 Å². The molecule has 3 nitrogen and oxygen atoms in total. The fraction of sp³-hybridized carbons (Fsp3) is 1.00. The summed E-state index contributed by atoms with van der Waals surface area (Å²) in [5.74, 6) is 0. The molecule has 1 aliphatic heterocycles. The van der Waals surface area contributed by atoms with Crippen molar-refractivity contribution in [2.75, 3.05) is 33.2 Å². The smallest absolute Gasteiger partial charge is 0.0343 e. The van der Waals surface area contributed by atoms with E-state index in [0.717, 1.165) is 26.2 Å². The van der Waals surface area contributed by atoms with Crippen molar-refractivity contribution in [2.24, 2.45) is 5.73 Å². The first kappa shape index (κ1) is 9.96. The Morgan fingerprint density at radius 3 is 2.58 bits per heavy atom. The third-order valence-corrected chi connectivity index (χ3v) is 2.92. The second-order valence-electron chi connectivity index (χ2n) is 3.77. The summed E-state index contributed by atoms with van der Waals surface area (Å²) in [7, 11) is 2.17. The summed E-state index contributed by atoms with van der Waals surface area (Å²) in [5, 5.41) is 0. The molecule has 1 saturated heterocycles. The number of nitrogens with two attached hydrogens (primary N) is 1. The Labute approximate surface area is 75.5 Å². The van der Waals surface area contributed by atoms with Crippen molar-refractivity contribution in [3.8, 4) is 0 Å². The van der Waals surface area contributed by atoms with Crippen LogP contribution < -0.4 is 5.73 Å². The molecule has 1 fully saturated rings. The Morgan fingerprint density at radius 1 is 1.42 bits per heavy atom. The summed E-state index contributed by atoms with van der Waals surface area (Å²) in [6.07, 6.45) is 0. The van der Waals surface area contributed by atoms with Crippen molar-refractivity contribution >= 4 is 0 Å². The molecular formula is C9H21N3. The van der Waals surface area contributed by atoms with E-state index in [1.807, 2.05) is 0 Å². The minimum atomic E-state index is 0.557. The van der Waals surface area contributed by atoms with E-state index in [-0.39, 0.29) is 0 Å². The van der Waals surface area contributed by atoms with E-state index in [1.54, 1.807) is 0 Å². The van der Waals surface area contributed by atoms with Crippen LogP contribution in [0.15, 0.2) is 0 Å². The first-order chi connectivity index (χ1) is 5.69. The first-order valence-corrected chi connectivity index (χ1v) is 4.83. The van der Waals surface area contributed by atoms with Gasteiger partial charge < -0.3 is 5.73 Å². The van der Waals surface area contributed by atoms with Gasteiger partial charge in [-0.1, -0.05) is 6.92 Å². The van der Waals surface area contributed by atoms with Gasteiger partial charge in [0.25, 0.3) is 0 Å². The van der Waals surface area contributed by atoms with E-state index in [0.29, 0.717) is 12.1 Å². The lowest BCUT2D eigenvalue weighted by molar-refractivity contribution is 0.0600. The second kappa shape index (κ2) is 4.21. The molecule has 2 unspecified atom stereocenters. The maximum Gasteiger partial charge on any atom is 0.0343 e. The highest BCUT2D eigenvalue weighted by atomic mass is 15.3. The van der Waals surface area contributed by atoms with Crippen molar-refractivity contribution in [3.05, 3.63) is 0 Å². The lowest BCUT2D eigenvalue weighted by Crippen LogP contribution is -2.57. The van der Waals surface area contributed by atoms with Crippen LogP contribution in [-0.4, -0.2) is 55.1 Å². The van der Waals surface area contributed by atoms with Crippen molar-refractivity contribution in [2.45, 2.75) is 25.9 Å². The van der Waals surface area contributed by atoms with Gasteiger partial charge >= 0.3 is 0 Å². The molecule has 0 bridgehead atoms. The van der Waals surface area contributed by atoms with E-state index in [2.05, 4.69) is 30.7 Å². The Kier molecular flexibility index (Phi) is 3.50. The van der Waals surface area contributed by atoms with E-state index < -0.39 is 0 Å². The predicted molar refractivity (Wildman–Crippen MR) is 52.2 cm³/mol. The summed E-state index contributed by atoms with van der Waals surface area (Å²) in [4.78, 5) is 4.87. The van der Waals surface area contributed by atoms with Crippen LogP contribution in [0, 0.1) is 0 Å². The van der Waals surface area contributed by atoms with Gasteiger partial charge in [0.1, 0.15) is 0 Å². The monoisotopic (exact) mass is 171 g/mol. The van der Waals surface area contributed by atoms with Crippen LogP contribution in [0.5, 0.6) is 0 Å². The van der Waals surface area contributed by atoms with Gasteiger partial charge in [-0.3, -0.25) is 9.80 Å². The number of nitrogens with zero attached hydrogens (tertiary/aromatic N) is 2. The number of hydrogen-bond acceptors (Lipinski definition) is 3. The molecule has 0 aromatic heterocycles. The molecule has 0 aliphatic carbocycles. The topological polar surface area (TPSA) is 32.5 Å². The minimum Gasteiger partial charge on any atom is -0.329 e. The summed E-state index contributed by atoms with van der Waals surface area (Å²) < 4.78 is 0. The highest BCUT2D eigenvalue weighted by Gasteiger charge is 2.26. The summed E-state index contributed by atoms with van der Waals surface area (Å²) in [5.41, 5.74) is 5.69. The van der Waals surface area contributed by atoms with Crippen LogP contribution in [0.3, 0.4) is 0 Å². The maximum atomic E-state index is 5.69. The quantitative estimate of drug-likeness (QED) is 0.633. The number of piperazine rings is 1. The van der Waals surface area contributed by atoms with Crippen molar-refractivity contribution in [1.82, 2.24) is 9.80 Å². The fourth-order valence-electron chi connectivity index (χ4n) is 1.97. The van der Waals surface area contributed by atoms with Gasteiger partial charge in [-0.2, -0.15) is 0 Å². The molecule has 0 spiro atoms. The molecule has 72 valence electrons. The molecule has 0 aromatic carbocycles. The summed E-state index contributed by atoms with van der Waals surface area (Å²) >= 11 is 0. The van der Waals surface area contributed by atoms with E-state index in [1.165, 1.54) is 0 Å². The van der Waals surface area contributed by atoms with Gasteiger partial charge in [-0.25, -0.2) is 0 Å². The Bertz CT molecular complexity index is 124. The largest absolute Gasteiger partial charge is 0.329 e. The van der Waals surface area contributed by atoms with Crippen molar-refractivity contribution < 1.29 is 0 Å². The highest BCUT2D eigenvalue weighted by molar-refractivity contribution is 4.84. The molecule has 0 aromatic rings. The van der Waals surface area contributed by atoms with Crippen molar-refractivity contribution in [3.63, 3.8) is 0 Å². The Hall–Kier alpha value is -0.120. The summed E-state index contributed by atoms with van der Waals surface area (Å²) in [6, 6.07) is 1.24. The molecule has 2 atom stereocenters. The van der Waals surface area contributed by atoms with Crippen molar-refractivity contribution in [1.29, 1.82) is 0 Å². The minimum absolute atomic E-state index is 0.557. The average molecular weight is 171 g/mol. The third-order valence-electron chi connectivity index (χ3n) is 2.92. The van der Waals surface area contributed by atoms with Crippen LogP contribution in [-0.2, 0) is 0 Å². The van der Waals surface area contributed by atoms with Gasteiger partial charge in [0.15, 0.2) is 0 Å². The van der Waals surface area contributed by atoms with Crippen LogP contribution in [0.25, 0.3) is 0 Å². The zero-order chi connectivity index (χ0) is 9.14. The second-order valence-corrected chi connectivity index (χ2v) is 3.77. The van der Waals surface area contributed by atoms with Gasteiger partial charge in [0.2, 0.25) is 0 Å². The Balaban J connectivity index is 2.50. The summed E-state index contributed by atoms with van der Waals surface area (Å²) in [6.45, 7) is 8.70.